The zero-order valence-corrected chi connectivity index (χ0v) is 9.55. The van der Waals surface area contributed by atoms with Crippen molar-refractivity contribution in [1.82, 2.24) is 10.2 Å². The zero-order chi connectivity index (χ0) is 10.6. The molecule has 1 fully saturated rings. The molecule has 1 amide bonds. The van der Waals surface area contributed by atoms with E-state index < -0.39 is 0 Å². The van der Waals surface area contributed by atoms with Crippen LogP contribution in [0.5, 0.6) is 0 Å². The third-order valence-corrected chi connectivity index (χ3v) is 2.67. The summed E-state index contributed by atoms with van der Waals surface area (Å²) in [5.41, 5.74) is 0. The molecule has 1 rings (SSSR count). The number of hydrogen-bond donors (Lipinski definition) is 1. The van der Waals surface area contributed by atoms with Gasteiger partial charge in [0.2, 0.25) is 5.91 Å². The van der Waals surface area contributed by atoms with Crippen LogP contribution >= 0.6 is 0 Å². The van der Waals surface area contributed by atoms with Crippen LogP contribution in [-0.4, -0.2) is 36.5 Å². The second-order valence-corrected chi connectivity index (χ2v) is 4.59. The molecule has 1 aliphatic rings. The summed E-state index contributed by atoms with van der Waals surface area (Å²) in [6.45, 7) is 9.13. The van der Waals surface area contributed by atoms with Gasteiger partial charge in [-0.1, -0.05) is 20.8 Å². The lowest BCUT2D eigenvalue weighted by molar-refractivity contribution is -0.130. The van der Waals surface area contributed by atoms with E-state index in [1.807, 2.05) is 4.90 Å². The SMILES string of the molecule is CC1CCN(C(=O)CCNC(C)C)C1. The van der Waals surface area contributed by atoms with E-state index >= 15 is 0 Å². The number of hydrogen-bond acceptors (Lipinski definition) is 2. The first-order chi connectivity index (χ1) is 6.59. The van der Waals surface area contributed by atoms with Gasteiger partial charge in [-0.3, -0.25) is 4.79 Å². The minimum absolute atomic E-state index is 0.308. The van der Waals surface area contributed by atoms with Gasteiger partial charge in [0.05, 0.1) is 0 Å². The highest BCUT2D eigenvalue weighted by Gasteiger charge is 2.22. The van der Waals surface area contributed by atoms with Crippen molar-refractivity contribution in [1.29, 1.82) is 0 Å². The number of carbonyl (C=O) groups excluding carboxylic acids is 1. The topological polar surface area (TPSA) is 32.3 Å². The van der Waals surface area contributed by atoms with E-state index in [4.69, 9.17) is 0 Å². The van der Waals surface area contributed by atoms with Gasteiger partial charge >= 0.3 is 0 Å². The molecule has 0 bridgehead atoms. The lowest BCUT2D eigenvalue weighted by Crippen LogP contribution is -2.33. The zero-order valence-electron chi connectivity index (χ0n) is 9.55. The first kappa shape index (κ1) is 11.5. The third kappa shape index (κ3) is 3.66. The van der Waals surface area contributed by atoms with Crippen LogP contribution in [0.15, 0.2) is 0 Å². The Morgan fingerprint density at radius 1 is 1.57 bits per heavy atom. The average molecular weight is 198 g/mol. The second kappa shape index (κ2) is 5.35. The Balaban J connectivity index is 2.15. The molecule has 1 heterocycles. The molecule has 82 valence electrons. The lowest BCUT2D eigenvalue weighted by Gasteiger charge is -2.16. The Morgan fingerprint density at radius 3 is 2.79 bits per heavy atom. The maximum atomic E-state index is 11.7. The molecule has 0 radical (unpaired) electrons. The fraction of sp³-hybridized carbons (Fsp3) is 0.909. The molecule has 0 saturated carbocycles. The Bertz CT molecular complexity index is 192. The van der Waals surface area contributed by atoms with Gasteiger partial charge in [0.25, 0.3) is 0 Å². The monoisotopic (exact) mass is 198 g/mol. The molecule has 0 spiro atoms. The molecular formula is C11H22N2O. The predicted octanol–water partition coefficient (Wildman–Crippen LogP) is 1.24. The van der Waals surface area contributed by atoms with Crippen LogP contribution in [0, 0.1) is 5.92 Å². The molecular weight excluding hydrogens is 176 g/mol. The molecule has 3 heteroatoms. The second-order valence-electron chi connectivity index (χ2n) is 4.59. The maximum absolute atomic E-state index is 11.7. The van der Waals surface area contributed by atoms with E-state index in [0.717, 1.165) is 19.6 Å². The van der Waals surface area contributed by atoms with E-state index in [1.54, 1.807) is 0 Å². The van der Waals surface area contributed by atoms with E-state index in [1.165, 1.54) is 6.42 Å². The molecule has 0 aromatic heterocycles. The molecule has 14 heavy (non-hydrogen) atoms. The first-order valence-corrected chi connectivity index (χ1v) is 5.60. The van der Waals surface area contributed by atoms with Gasteiger partial charge in [0, 0.05) is 32.1 Å². The minimum Gasteiger partial charge on any atom is -0.342 e. The number of rotatable bonds is 4. The summed E-state index contributed by atoms with van der Waals surface area (Å²) in [4.78, 5) is 13.7. The number of carbonyl (C=O) groups is 1. The highest BCUT2D eigenvalue weighted by atomic mass is 16.2. The molecule has 1 unspecified atom stereocenters. The smallest absolute Gasteiger partial charge is 0.223 e. The minimum atomic E-state index is 0.308. The summed E-state index contributed by atoms with van der Waals surface area (Å²) >= 11 is 0. The van der Waals surface area contributed by atoms with Crippen molar-refractivity contribution >= 4 is 5.91 Å². The fourth-order valence-electron chi connectivity index (χ4n) is 1.79. The van der Waals surface area contributed by atoms with Crippen LogP contribution < -0.4 is 5.32 Å². The van der Waals surface area contributed by atoms with Crippen molar-refractivity contribution in [2.24, 2.45) is 5.92 Å². The van der Waals surface area contributed by atoms with Crippen LogP contribution in [0.2, 0.25) is 0 Å². The summed E-state index contributed by atoms with van der Waals surface area (Å²) in [5.74, 6) is 1.000. The molecule has 1 aliphatic heterocycles. The van der Waals surface area contributed by atoms with Gasteiger partial charge in [-0.15, -0.1) is 0 Å². The summed E-state index contributed by atoms with van der Waals surface area (Å²) in [6, 6.07) is 0.473. The molecule has 1 N–H and O–H groups in total. The Hall–Kier alpha value is -0.570. The van der Waals surface area contributed by atoms with Crippen molar-refractivity contribution in [3.63, 3.8) is 0 Å². The third-order valence-electron chi connectivity index (χ3n) is 2.67. The van der Waals surface area contributed by atoms with Gasteiger partial charge in [0.15, 0.2) is 0 Å². The predicted molar refractivity (Wildman–Crippen MR) is 58.1 cm³/mol. The van der Waals surface area contributed by atoms with Gasteiger partial charge in [-0.05, 0) is 12.3 Å². The van der Waals surface area contributed by atoms with Crippen LogP contribution in [0.3, 0.4) is 0 Å². The van der Waals surface area contributed by atoms with E-state index in [0.29, 0.717) is 24.3 Å². The maximum Gasteiger partial charge on any atom is 0.223 e. The molecule has 0 aromatic carbocycles. The number of nitrogens with zero attached hydrogens (tertiary/aromatic N) is 1. The fourth-order valence-corrected chi connectivity index (χ4v) is 1.79. The highest BCUT2D eigenvalue weighted by Crippen LogP contribution is 2.15. The Kier molecular flexibility index (Phi) is 4.39. The van der Waals surface area contributed by atoms with Gasteiger partial charge < -0.3 is 10.2 Å². The Morgan fingerprint density at radius 2 is 2.29 bits per heavy atom. The summed E-state index contributed by atoms with van der Waals surface area (Å²) in [7, 11) is 0. The van der Waals surface area contributed by atoms with Crippen molar-refractivity contribution in [2.75, 3.05) is 19.6 Å². The molecule has 3 nitrogen and oxygen atoms in total. The number of amides is 1. The molecule has 1 atom stereocenters. The molecule has 1 saturated heterocycles. The summed E-state index contributed by atoms with van der Waals surface area (Å²) in [5, 5.41) is 3.26. The standard InChI is InChI=1S/C11H22N2O/c1-9(2)12-6-4-11(14)13-7-5-10(3)8-13/h9-10,12H,4-8H2,1-3H3. The quantitative estimate of drug-likeness (QED) is 0.737. The average Bonchev–Trinajstić information content (AvgIpc) is 2.51. The number of nitrogens with one attached hydrogen (secondary N) is 1. The van der Waals surface area contributed by atoms with E-state index in [-0.39, 0.29) is 0 Å². The number of likely N-dealkylation sites (tertiary alicyclic amines) is 1. The summed E-state index contributed by atoms with van der Waals surface area (Å²) in [6.07, 6.45) is 1.81. The summed E-state index contributed by atoms with van der Waals surface area (Å²) < 4.78 is 0. The molecule has 0 aliphatic carbocycles. The van der Waals surface area contributed by atoms with Crippen LogP contribution in [0.1, 0.15) is 33.6 Å². The van der Waals surface area contributed by atoms with Crippen molar-refractivity contribution in [3.8, 4) is 0 Å². The Labute approximate surface area is 86.9 Å². The van der Waals surface area contributed by atoms with Crippen LogP contribution in [0.25, 0.3) is 0 Å². The molecule has 0 aromatic rings. The normalized spacial score (nSPS) is 22.0. The largest absolute Gasteiger partial charge is 0.342 e. The van der Waals surface area contributed by atoms with Crippen molar-refractivity contribution in [2.45, 2.75) is 39.7 Å². The van der Waals surface area contributed by atoms with Gasteiger partial charge in [-0.25, -0.2) is 0 Å². The van der Waals surface area contributed by atoms with Gasteiger partial charge in [-0.2, -0.15) is 0 Å². The van der Waals surface area contributed by atoms with E-state index in [2.05, 4.69) is 26.1 Å². The highest BCUT2D eigenvalue weighted by molar-refractivity contribution is 5.76. The van der Waals surface area contributed by atoms with Gasteiger partial charge in [0.1, 0.15) is 0 Å². The van der Waals surface area contributed by atoms with E-state index in [9.17, 15) is 4.79 Å². The first-order valence-electron chi connectivity index (χ1n) is 5.60. The van der Waals surface area contributed by atoms with Crippen molar-refractivity contribution < 1.29 is 4.79 Å². The lowest BCUT2D eigenvalue weighted by atomic mass is 10.2. The van der Waals surface area contributed by atoms with Crippen LogP contribution in [0.4, 0.5) is 0 Å². The van der Waals surface area contributed by atoms with Crippen LogP contribution in [-0.2, 0) is 4.79 Å². The van der Waals surface area contributed by atoms with Crippen molar-refractivity contribution in [3.05, 3.63) is 0 Å².